The van der Waals surface area contributed by atoms with E-state index in [0.717, 1.165) is 15.8 Å². The Hall–Kier alpha value is -3.10. The Kier molecular flexibility index (Phi) is 5.61. The van der Waals surface area contributed by atoms with Crippen molar-refractivity contribution in [3.8, 4) is 0 Å². The quantitative estimate of drug-likeness (QED) is 0.457. The summed E-state index contributed by atoms with van der Waals surface area (Å²) in [4.78, 5) is 23.8. The second-order valence-electron chi connectivity index (χ2n) is 6.90. The van der Waals surface area contributed by atoms with E-state index in [1.54, 1.807) is 35.5 Å². The molecular weight excluding hydrogens is 418 g/mol. The minimum Gasteiger partial charge on any atom is -0.283 e. The Morgan fingerprint density at radius 1 is 1.03 bits per heavy atom. The molecule has 0 spiro atoms. The van der Waals surface area contributed by atoms with Crippen molar-refractivity contribution < 1.29 is 13.2 Å². The van der Waals surface area contributed by atoms with Crippen molar-refractivity contribution in [3.05, 3.63) is 84.2 Å². The van der Waals surface area contributed by atoms with Crippen molar-refractivity contribution >= 4 is 42.4 Å². The maximum Gasteiger partial charge on any atom is 0.233 e. The number of benzene rings is 2. The lowest BCUT2D eigenvalue weighted by molar-refractivity contribution is -0.118. The summed E-state index contributed by atoms with van der Waals surface area (Å²) in [5.74, 6) is -0.0903. The van der Waals surface area contributed by atoms with Crippen LogP contribution < -0.4 is 4.90 Å². The Bertz CT molecular complexity index is 1290. The molecule has 0 unspecified atom stereocenters. The van der Waals surface area contributed by atoms with Crippen LogP contribution in [0.4, 0.5) is 5.13 Å². The van der Waals surface area contributed by atoms with Crippen LogP contribution in [0.5, 0.6) is 0 Å². The van der Waals surface area contributed by atoms with E-state index in [4.69, 9.17) is 0 Å². The molecule has 1 amide bonds. The summed E-state index contributed by atoms with van der Waals surface area (Å²) in [6.45, 7) is 0.332. The van der Waals surface area contributed by atoms with Crippen molar-refractivity contribution in [2.24, 2.45) is 0 Å². The molecule has 2 aromatic heterocycles. The zero-order chi connectivity index (χ0) is 21.1. The summed E-state index contributed by atoms with van der Waals surface area (Å²) < 4.78 is 24.5. The molecule has 30 heavy (non-hydrogen) atoms. The molecule has 4 rings (SSSR count). The molecule has 152 valence electrons. The fraction of sp³-hybridized carbons (Fsp3) is 0.136. The number of hydrogen-bond acceptors (Lipinski definition) is 6. The first-order valence-electron chi connectivity index (χ1n) is 9.24. The normalized spacial score (nSPS) is 11.5. The highest BCUT2D eigenvalue weighted by atomic mass is 32.2. The molecule has 4 aromatic rings. The van der Waals surface area contributed by atoms with Crippen LogP contribution in [-0.4, -0.2) is 30.5 Å². The first-order valence-corrected chi connectivity index (χ1v) is 11.9. The van der Waals surface area contributed by atoms with E-state index in [0.29, 0.717) is 17.2 Å². The number of thiazole rings is 1. The van der Waals surface area contributed by atoms with Crippen LogP contribution in [0.3, 0.4) is 0 Å². The number of carbonyl (C=O) groups excluding carboxylic acids is 1. The number of hydrogen-bond donors (Lipinski definition) is 0. The molecule has 0 atom stereocenters. The van der Waals surface area contributed by atoms with Gasteiger partial charge in [0.15, 0.2) is 15.0 Å². The van der Waals surface area contributed by atoms with E-state index in [-0.39, 0.29) is 17.2 Å². The van der Waals surface area contributed by atoms with E-state index < -0.39 is 9.84 Å². The van der Waals surface area contributed by atoms with E-state index in [1.807, 2.05) is 42.5 Å². The third-order valence-corrected chi connectivity index (χ3v) is 6.72. The summed E-state index contributed by atoms with van der Waals surface area (Å²) >= 11 is 1.30. The number of anilines is 1. The number of nitrogens with zero attached hydrogens (tertiary/aromatic N) is 3. The summed E-state index contributed by atoms with van der Waals surface area (Å²) in [7, 11) is -3.32. The third-order valence-electron chi connectivity index (χ3n) is 4.57. The number of carbonyl (C=O) groups is 1. The first-order chi connectivity index (χ1) is 14.4. The molecule has 0 aliphatic rings. The highest BCUT2D eigenvalue weighted by molar-refractivity contribution is 7.90. The van der Waals surface area contributed by atoms with Gasteiger partial charge in [0, 0.05) is 18.6 Å². The summed E-state index contributed by atoms with van der Waals surface area (Å²) in [6, 6.07) is 18.1. The highest BCUT2D eigenvalue weighted by Gasteiger charge is 2.21. The van der Waals surface area contributed by atoms with Crippen LogP contribution in [-0.2, 0) is 27.6 Å². The van der Waals surface area contributed by atoms with Gasteiger partial charge in [-0.2, -0.15) is 0 Å². The smallest absolute Gasteiger partial charge is 0.233 e. The fourth-order valence-corrected chi connectivity index (χ4v) is 4.78. The number of aromatic nitrogens is 2. The number of amides is 1. The van der Waals surface area contributed by atoms with E-state index >= 15 is 0 Å². The summed E-state index contributed by atoms with van der Waals surface area (Å²) in [6.07, 6.45) is 4.82. The predicted octanol–water partition coefficient (Wildman–Crippen LogP) is 3.87. The molecule has 2 heterocycles. The number of fused-ring (bicyclic) bond motifs is 1. The van der Waals surface area contributed by atoms with Gasteiger partial charge in [0.05, 0.1) is 28.1 Å². The van der Waals surface area contributed by atoms with Gasteiger partial charge in [-0.1, -0.05) is 47.7 Å². The Balaban J connectivity index is 1.72. The monoisotopic (exact) mass is 437 g/mol. The van der Waals surface area contributed by atoms with Gasteiger partial charge in [-0.05, 0) is 35.4 Å². The fourth-order valence-electron chi connectivity index (χ4n) is 3.04. The van der Waals surface area contributed by atoms with Crippen molar-refractivity contribution in [1.29, 1.82) is 0 Å². The molecule has 0 radical (unpaired) electrons. The maximum atomic E-state index is 13.2. The van der Waals surface area contributed by atoms with Crippen LogP contribution in [0.25, 0.3) is 10.2 Å². The SMILES string of the molecule is CS(=O)(=O)c1ccc2nc(N(Cc3cccnc3)C(=O)Cc3ccccc3)sc2c1. The van der Waals surface area contributed by atoms with Gasteiger partial charge in [-0.15, -0.1) is 0 Å². The molecule has 0 saturated carbocycles. The maximum absolute atomic E-state index is 13.2. The number of sulfone groups is 1. The van der Waals surface area contributed by atoms with Crippen molar-refractivity contribution in [2.75, 3.05) is 11.2 Å². The van der Waals surface area contributed by atoms with Gasteiger partial charge >= 0.3 is 0 Å². The van der Waals surface area contributed by atoms with Crippen molar-refractivity contribution in [1.82, 2.24) is 9.97 Å². The van der Waals surface area contributed by atoms with Gasteiger partial charge < -0.3 is 0 Å². The van der Waals surface area contributed by atoms with Gasteiger partial charge in [0.2, 0.25) is 5.91 Å². The lowest BCUT2D eigenvalue weighted by atomic mass is 10.1. The average Bonchev–Trinajstić information content (AvgIpc) is 3.16. The van der Waals surface area contributed by atoms with Gasteiger partial charge in [0.1, 0.15) is 0 Å². The largest absolute Gasteiger partial charge is 0.283 e. The molecule has 6 nitrogen and oxygen atoms in total. The van der Waals surface area contributed by atoms with Crippen LogP contribution >= 0.6 is 11.3 Å². The molecule has 0 fully saturated rings. The Morgan fingerprint density at radius 2 is 1.80 bits per heavy atom. The molecule has 0 aliphatic heterocycles. The minimum absolute atomic E-state index is 0.0903. The summed E-state index contributed by atoms with van der Waals surface area (Å²) in [5, 5.41) is 0.528. The average molecular weight is 438 g/mol. The van der Waals surface area contributed by atoms with E-state index in [2.05, 4.69) is 9.97 Å². The predicted molar refractivity (Wildman–Crippen MR) is 118 cm³/mol. The van der Waals surface area contributed by atoms with Gasteiger partial charge in [0.25, 0.3) is 0 Å². The van der Waals surface area contributed by atoms with Crippen molar-refractivity contribution in [3.63, 3.8) is 0 Å². The second-order valence-corrected chi connectivity index (χ2v) is 9.93. The lowest BCUT2D eigenvalue weighted by Crippen LogP contribution is -2.31. The van der Waals surface area contributed by atoms with Crippen LogP contribution in [0.15, 0.2) is 78.0 Å². The standard InChI is InChI=1S/C22H19N3O3S2/c1-30(27,28)18-9-10-19-20(13-18)29-22(24-19)25(15-17-8-5-11-23-14-17)21(26)12-16-6-3-2-4-7-16/h2-11,13-14H,12,15H2,1H3. The van der Waals surface area contributed by atoms with E-state index in [1.165, 1.54) is 17.6 Å². The molecular formula is C22H19N3O3S2. The first kappa shape index (κ1) is 20.2. The Morgan fingerprint density at radius 3 is 2.50 bits per heavy atom. The molecule has 0 aliphatic carbocycles. The van der Waals surface area contributed by atoms with Crippen LogP contribution in [0.1, 0.15) is 11.1 Å². The summed E-state index contributed by atoms with van der Waals surface area (Å²) in [5.41, 5.74) is 2.46. The topological polar surface area (TPSA) is 80.2 Å². The highest BCUT2D eigenvalue weighted by Crippen LogP contribution is 2.32. The molecule has 0 bridgehead atoms. The number of rotatable bonds is 6. The Labute approximate surface area is 178 Å². The lowest BCUT2D eigenvalue weighted by Gasteiger charge is -2.20. The second kappa shape index (κ2) is 8.33. The third kappa shape index (κ3) is 4.55. The van der Waals surface area contributed by atoms with Gasteiger partial charge in [-0.3, -0.25) is 14.7 Å². The molecule has 8 heteroatoms. The van der Waals surface area contributed by atoms with E-state index in [9.17, 15) is 13.2 Å². The van der Waals surface area contributed by atoms with Crippen LogP contribution in [0, 0.1) is 0 Å². The zero-order valence-electron chi connectivity index (χ0n) is 16.2. The van der Waals surface area contributed by atoms with Gasteiger partial charge in [-0.25, -0.2) is 13.4 Å². The number of pyridine rings is 1. The molecule has 0 saturated heterocycles. The molecule has 0 N–H and O–H groups in total. The van der Waals surface area contributed by atoms with Crippen molar-refractivity contribution in [2.45, 2.75) is 17.9 Å². The minimum atomic E-state index is -3.32. The molecule has 2 aromatic carbocycles. The van der Waals surface area contributed by atoms with Crippen LogP contribution in [0.2, 0.25) is 0 Å². The zero-order valence-corrected chi connectivity index (χ0v) is 17.9.